The number of nitrogens with one attached hydrogen (secondary N) is 1. The van der Waals surface area contributed by atoms with Gasteiger partial charge in [-0.25, -0.2) is 0 Å². The predicted octanol–water partition coefficient (Wildman–Crippen LogP) is 2.26. The lowest BCUT2D eigenvalue weighted by Gasteiger charge is -2.14. The molecule has 106 valence electrons. The van der Waals surface area contributed by atoms with Crippen LogP contribution >= 0.6 is 0 Å². The van der Waals surface area contributed by atoms with Crippen molar-refractivity contribution in [1.29, 1.82) is 0 Å². The number of rotatable bonds is 5. The number of fused-ring (bicyclic) bond motifs is 1. The summed E-state index contributed by atoms with van der Waals surface area (Å²) in [4.78, 5) is 16.1. The normalized spacial score (nSPS) is 12.6. The van der Waals surface area contributed by atoms with Crippen molar-refractivity contribution in [3.63, 3.8) is 0 Å². The molecule has 1 heterocycles. The molecular weight excluding hydrogens is 252 g/mol. The molecule has 0 saturated carbocycles. The molecule has 1 amide bonds. The number of nitrogens with zero attached hydrogens (tertiary/aromatic N) is 1. The maximum absolute atomic E-state index is 11.8. The molecule has 0 spiro atoms. The average Bonchev–Trinajstić information content (AvgIpc) is 2.44. The van der Waals surface area contributed by atoms with Gasteiger partial charge >= 0.3 is 0 Å². The van der Waals surface area contributed by atoms with Crippen LogP contribution in [0.1, 0.15) is 26.0 Å². The van der Waals surface area contributed by atoms with Crippen LogP contribution in [0.2, 0.25) is 0 Å². The molecule has 1 atom stereocenters. The van der Waals surface area contributed by atoms with Gasteiger partial charge in [-0.05, 0) is 17.4 Å². The molecule has 0 aliphatic rings. The average molecular weight is 272 g/mol. The Bertz CT molecular complexity index is 591. The summed E-state index contributed by atoms with van der Waals surface area (Å²) in [5.74, 6) is -0.0719. The van der Waals surface area contributed by atoms with E-state index in [-0.39, 0.29) is 18.2 Å². The van der Waals surface area contributed by atoms with E-state index >= 15 is 0 Å². The molecule has 1 aromatic carbocycles. The molecule has 20 heavy (non-hydrogen) atoms. The van der Waals surface area contributed by atoms with E-state index in [0.29, 0.717) is 6.54 Å². The first-order valence-electron chi connectivity index (χ1n) is 6.85. The van der Waals surface area contributed by atoms with Gasteiger partial charge in [0, 0.05) is 11.6 Å². The largest absolute Gasteiger partial charge is 0.392 e. The van der Waals surface area contributed by atoms with Crippen molar-refractivity contribution in [1.82, 2.24) is 10.3 Å². The molecule has 2 aromatic rings. The Morgan fingerprint density at radius 2 is 2.05 bits per heavy atom. The zero-order valence-electron chi connectivity index (χ0n) is 11.8. The van der Waals surface area contributed by atoms with Gasteiger partial charge in [-0.3, -0.25) is 9.78 Å². The molecule has 2 rings (SSSR count). The van der Waals surface area contributed by atoms with E-state index in [2.05, 4.69) is 10.3 Å². The van der Waals surface area contributed by atoms with Crippen LogP contribution in [0.15, 0.2) is 36.5 Å². The van der Waals surface area contributed by atoms with Crippen molar-refractivity contribution in [2.45, 2.75) is 32.9 Å². The Hall–Kier alpha value is -1.94. The highest BCUT2D eigenvalue weighted by Gasteiger charge is 2.14. The van der Waals surface area contributed by atoms with Crippen LogP contribution in [0.25, 0.3) is 10.8 Å². The number of aliphatic hydroxyl groups is 1. The number of hydrogen-bond donors (Lipinski definition) is 2. The van der Waals surface area contributed by atoms with Crippen LogP contribution in [-0.2, 0) is 11.3 Å². The van der Waals surface area contributed by atoms with Gasteiger partial charge in [0.1, 0.15) is 0 Å². The lowest BCUT2D eigenvalue weighted by Crippen LogP contribution is -2.29. The highest BCUT2D eigenvalue weighted by Crippen LogP contribution is 2.16. The Morgan fingerprint density at radius 3 is 2.80 bits per heavy atom. The summed E-state index contributed by atoms with van der Waals surface area (Å²) in [6, 6.07) is 9.89. The van der Waals surface area contributed by atoms with E-state index in [1.54, 1.807) is 6.20 Å². The van der Waals surface area contributed by atoms with Crippen LogP contribution in [0.4, 0.5) is 0 Å². The van der Waals surface area contributed by atoms with Crippen LogP contribution in [0, 0.1) is 5.92 Å². The summed E-state index contributed by atoms with van der Waals surface area (Å²) in [6.07, 6.45) is 1.27. The second-order valence-electron chi connectivity index (χ2n) is 5.27. The van der Waals surface area contributed by atoms with E-state index in [0.717, 1.165) is 16.5 Å². The summed E-state index contributed by atoms with van der Waals surface area (Å²) in [7, 11) is 0. The number of pyridine rings is 1. The number of hydrogen-bond acceptors (Lipinski definition) is 3. The summed E-state index contributed by atoms with van der Waals surface area (Å²) < 4.78 is 0. The minimum atomic E-state index is -0.601. The van der Waals surface area contributed by atoms with Crippen molar-refractivity contribution >= 4 is 16.7 Å². The number of aromatic nitrogens is 1. The van der Waals surface area contributed by atoms with Crippen molar-refractivity contribution in [3.05, 3.63) is 42.2 Å². The fourth-order valence-electron chi connectivity index (χ4n) is 2.00. The molecule has 0 saturated heterocycles. The Balaban J connectivity index is 2.01. The van der Waals surface area contributed by atoms with Gasteiger partial charge in [0.15, 0.2) is 0 Å². The molecule has 0 bridgehead atoms. The number of carbonyl (C=O) groups excluding carboxylic acids is 1. The van der Waals surface area contributed by atoms with Crippen molar-refractivity contribution < 1.29 is 9.90 Å². The molecular formula is C16H20N2O2. The molecule has 0 aliphatic carbocycles. The fraction of sp³-hybridized carbons (Fsp3) is 0.375. The van der Waals surface area contributed by atoms with Crippen LogP contribution < -0.4 is 5.32 Å². The van der Waals surface area contributed by atoms with E-state index in [1.165, 1.54) is 0 Å². The van der Waals surface area contributed by atoms with Gasteiger partial charge in [-0.1, -0.05) is 38.1 Å². The van der Waals surface area contributed by atoms with E-state index in [1.807, 2.05) is 44.2 Å². The van der Waals surface area contributed by atoms with Crippen molar-refractivity contribution in [2.75, 3.05) is 0 Å². The van der Waals surface area contributed by atoms with Gasteiger partial charge in [0.2, 0.25) is 5.91 Å². The van der Waals surface area contributed by atoms with Crippen molar-refractivity contribution in [3.8, 4) is 0 Å². The molecule has 4 nitrogen and oxygen atoms in total. The van der Waals surface area contributed by atoms with Gasteiger partial charge in [0.05, 0.1) is 24.8 Å². The fourth-order valence-corrected chi connectivity index (χ4v) is 2.00. The second-order valence-corrected chi connectivity index (χ2v) is 5.27. The summed E-state index contributed by atoms with van der Waals surface area (Å²) in [5, 5.41) is 14.7. The monoisotopic (exact) mass is 272 g/mol. The number of carbonyl (C=O) groups is 1. The second kappa shape index (κ2) is 6.48. The van der Waals surface area contributed by atoms with E-state index in [9.17, 15) is 9.90 Å². The summed E-state index contributed by atoms with van der Waals surface area (Å²) in [5.41, 5.74) is 0.843. The summed E-state index contributed by atoms with van der Waals surface area (Å²) >= 11 is 0. The third kappa shape index (κ3) is 3.54. The van der Waals surface area contributed by atoms with Crippen LogP contribution in [0.3, 0.4) is 0 Å². The van der Waals surface area contributed by atoms with Gasteiger partial charge in [-0.15, -0.1) is 0 Å². The molecule has 4 heteroatoms. The Morgan fingerprint density at radius 1 is 1.30 bits per heavy atom. The first-order valence-corrected chi connectivity index (χ1v) is 6.85. The number of amides is 1. The zero-order valence-corrected chi connectivity index (χ0v) is 11.8. The lowest BCUT2D eigenvalue weighted by molar-refractivity contribution is -0.123. The maximum atomic E-state index is 11.8. The zero-order chi connectivity index (χ0) is 14.5. The van der Waals surface area contributed by atoms with E-state index in [4.69, 9.17) is 0 Å². The molecule has 0 aliphatic heterocycles. The Kier molecular flexibility index (Phi) is 4.69. The lowest BCUT2D eigenvalue weighted by atomic mass is 10.0. The maximum Gasteiger partial charge on any atom is 0.222 e. The molecule has 1 aromatic heterocycles. The first kappa shape index (κ1) is 14.5. The number of benzene rings is 1. The molecule has 2 N–H and O–H groups in total. The Labute approximate surface area is 118 Å². The topological polar surface area (TPSA) is 62.2 Å². The smallest absolute Gasteiger partial charge is 0.222 e. The summed E-state index contributed by atoms with van der Waals surface area (Å²) in [6.45, 7) is 4.17. The molecule has 0 radical (unpaired) electrons. The minimum Gasteiger partial charge on any atom is -0.392 e. The van der Waals surface area contributed by atoms with E-state index < -0.39 is 6.10 Å². The highest BCUT2D eigenvalue weighted by molar-refractivity contribution is 5.84. The SMILES string of the molecule is CC(C)C(O)CC(=O)NCc1nccc2ccccc12. The molecule has 0 fully saturated rings. The highest BCUT2D eigenvalue weighted by atomic mass is 16.3. The van der Waals surface area contributed by atoms with Crippen LogP contribution in [0.5, 0.6) is 0 Å². The van der Waals surface area contributed by atoms with Gasteiger partial charge in [-0.2, -0.15) is 0 Å². The third-order valence-electron chi connectivity index (χ3n) is 3.37. The predicted molar refractivity (Wildman–Crippen MR) is 79.1 cm³/mol. The van der Waals surface area contributed by atoms with Gasteiger partial charge in [0.25, 0.3) is 0 Å². The third-order valence-corrected chi connectivity index (χ3v) is 3.37. The first-order chi connectivity index (χ1) is 9.58. The van der Waals surface area contributed by atoms with Crippen molar-refractivity contribution in [2.24, 2.45) is 5.92 Å². The number of aliphatic hydroxyl groups excluding tert-OH is 1. The van der Waals surface area contributed by atoms with Crippen LogP contribution in [-0.4, -0.2) is 22.1 Å². The molecule has 1 unspecified atom stereocenters. The minimum absolute atomic E-state index is 0.0800. The van der Waals surface area contributed by atoms with Gasteiger partial charge < -0.3 is 10.4 Å². The standard InChI is InChI=1S/C16H20N2O2/c1-11(2)15(19)9-16(20)18-10-14-13-6-4-3-5-12(13)7-8-17-14/h3-8,11,15,19H,9-10H2,1-2H3,(H,18,20). The quantitative estimate of drug-likeness (QED) is 0.877.